The Balaban J connectivity index is 1.66. The molecule has 0 aromatic heterocycles. The van der Waals surface area contributed by atoms with E-state index >= 15 is 0 Å². The molecule has 86 valence electrons. The van der Waals surface area contributed by atoms with Gasteiger partial charge in [0, 0.05) is 18.3 Å². The van der Waals surface area contributed by atoms with Crippen molar-refractivity contribution in [3.05, 3.63) is 0 Å². The molecule has 0 aromatic rings. The largest absolute Gasteiger partial charge is 0.371 e. The van der Waals surface area contributed by atoms with Crippen LogP contribution >= 0.6 is 11.8 Å². The molecule has 2 atom stereocenters. The topological polar surface area (TPSA) is 21.3 Å². The Hall–Kier alpha value is 0.270. The second-order valence-electron chi connectivity index (χ2n) is 5.26. The van der Waals surface area contributed by atoms with Crippen LogP contribution in [0.3, 0.4) is 0 Å². The lowest BCUT2D eigenvalue weighted by atomic mass is 9.76. The minimum absolute atomic E-state index is 0.207. The first-order valence-electron chi connectivity index (χ1n) is 6.34. The van der Waals surface area contributed by atoms with Crippen molar-refractivity contribution in [3.63, 3.8) is 0 Å². The number of hydrogen-bond donors (Lipinski definition) is 1. The third-order valence-electron chi connectivity index (χ3n) is 4.33. The summed E-state index contributed by atoms with van der Waals surface area (Å²) in [6.45, 7) is 1.98. The van der Waals surface area contributed by atoms with E-state index in [1.165, 1.54) is 43.6 Å². The van der Waals surface area contributed by atoms with Gasteiger partial charge in [-0.25, -0.2) is 0 Å². The molecule has 0 radical (unpaired) electrons. The Bertz CT molecular complexity index is 224. The predicted molar refractivity (Wildman–Crippen MR) is 64.4 cm³/mol. The molecule has 1 aliphatic carbocycles. The van der Waals surface area contributed by atoms with Gasteiger partial charge < -0.3 is 10.1 Å². The van der Waals surface area contributed by atoms with Gasteiger partial charge in [-0.15, -0.1) is 0 Å². The van der Waals surface area contributed by atoms with E-state index in [1.807, 2.05) is 0 Å². The van der Waals surface area contributed by atoms with Crippen LogP contribution in [0.1, 0.15) is 32.1 Å². The Labute approximate surface area is 96.5 Å². The molecular weight excluding hydrogens is 206 g/mol. The first-order valence-corrected chi connectivity index (χ1v) is 7.50. The van der Waals surface area contributed by atoms with Gasteiger partial charge in [-0.1, -0.05) is 19.3 Å². The molecule has 0 aromatic carbocycles. The summed E-state index contributed by atoms with van der Waals surface area (Å²) >= 11 is 2.07. The third kappa shape index (κ3) is 1.94. The second-order valence-corrected chi connectivity index (χ2v) is 6.36. The van der Waals surface area contributed by atoms with Crippen LogP contribution in [-0.4, -0.2) is 36.3 Å². The molecule has 0 amide bonds. The molecular formula is C12H21NOS. The van der Waals surface area contributed by atoms with Gasteiger partial charge in [0.25, 0.3) is 0 Å². The Morgan fingerprint density at radius 1 is 1.40 bits per heavy atom. The first kappa shape index (κ1) is 10.4. The highest BCUT2D eigenvalue weighted by atomic mass is 32.2. The average Bonchev–Trinajstić information content (AvgIpc) is 2.63. The molecule has 2 nitrogen and oxygen atoms in total. The Morgan fingerprint density at radius 3 is 3.00 bits per heavy atom. The van der Waals surface area contributed by atoms with E-state index < -0.39 is 0 Å². The van der Waals surface area contributed by atoms with Crippen molar-refractivity contribution < 1.29 is 4.74 Å². The van der Waals surface area contributed by atoms with Crippen molar-refractivity contribution in [1.82, 2.24) is 5.32 Å². The van der Waals surface area contributed by atoms with Crippen LogP contribution in [0.2, 0.25) is 0 Å². The van der Waals surface area contributed by atoms with E-state index in [9.17, 15) is 0 Å². The molecule has 2 unspecified atom stereocenters. The monoisotopic (exact) mass is 227 g/mol. The van der Waals surface area contributed by atoms with Crippen LogP contribution in [0.4, 0.5) is 0 Å². The minimum atomic E-state index is 0.207. The Morgan fingerprint density at radius 2 is 2.33 bits per heavy atom. The van der Waals surface area contributed by atoms with E-state index in [-0.39, 0.29) is 5.60 Å². The molecule has 15 heavy (non-hydrogen) atoms. The SMILES string of the molecule is C1CC(CC2NCCOC23CCSC3)C1. The van der Waals surface area contributed by atoms with Gasteiger partial charge in [-0.05, 0) is 24.5 Å². The van der Waals surface area contributed by atoms with Crippen LogP contribution in [-0.2, 0) is 4.74 Å². The summed E-state index contributed by atoms with van der Waals surface area (Å²) < 4.78 is 6.13. The molecule has 1 N–H and O–H groups in total. The fourth-order valence-electron chi connectivity index (χ4n) is 3.08. The molecule has 1 saturated carbocycles. The molecule has 2 aliphatic heterocycles. The molecule has 3 fully saturated rings. The normalized spacial score (nSPS) is 42.0. The lowest BCUT2D eigenvalue weighted by Crippen LogP contribution is -2.59. The number of rotatable bonds is 2. The number of hydrogen-bond acceptors (Lipinski definition) is 3. The van der Waals surface area contributed by atoms with Crippen molar-refractivity contribution in [2.45, 2.75) is 43.7 Å². The second kappa shape index (κ2) is 4.27. The third-order valence-corrected chi connectivity index (χ3v) is 5.51. The van der Waals surface area contributed by atoms with Gasteiger partial charge in [0.15, 0.2) is 0 Å². The first-order chi connectivity index (χ1) is 7.39. The highest BCUT2D eigenvalue weighted by Crippen LogP contribution is 2.40. The van der Waals surface area contributed by atoms with E-state index in [4.69, 9.17) is 4.74 Å². The van der Waals surface area contributed by atoms with Gasteiger partial charge in [-0.3, -0.25) is 0 Å². The van der Waals surface area contributed by atoms with Crippen molar-refractivity contribution in [2.75, 3.05) is 24.7 Å². The van der Waals surface area contributed by atoms with Gasteiger partial charge in [-0.2, -0.15) is 11.8 Å². The highest BCUT2D eigenvalue weighted by molar-refractivity contribution is 7.99. The molecule has 2 heterocycles. The number of morpholine rings is 1. The van der Waals surface area contributed by atoms with Crippen LogP contribution in [0.25, 0.3) is 0 Å². The number of ether oxygens (including phenoxy) is 1. The summed E-state index contributed by atoms with van der Waals surface area (Å²) in [5, 5.41) is 3.71. The maximum absolute atomic E-state index is 6.13. The zero-order valence-corrected chi connectivity index (χ0v) is 10.2. The van der Waals surface area contributed by atoms with Gasteiger partial charge in [0.1, 0.15) is 0 Å². The smallest absolute Gasteiger partial charge is 0.0933 e. The molecule has 3 aliphatic rings. The fourth-order valence-corrected chi connectivity index (χ4v) is 4.49. The van der Waals surface area contributed by atoms with E-state index in [2.05, 4.69) is 17.1 Å². The fraction of sp³-hybridized carbons (Fsp3) is 1.00. The zero-order valence-electron chi connectivity index (χ0n) is 9.34. The van der Waals surface area contributed by atoms with Crippen LogP contribution in [0.15, 0.2) is 0 Å². The quantitative estimate of drug-likeness (QED) is 0.780. The summed E-state index contributed by atoms with van der Waals surface area (Å²) in [5.41, 5.74) is 0.207. The summed E-state index contributed by atoms with van der Waals surface area (Å²) in [5.74, 6) is 3.51. The maximum Gasteiger partial charge on any atom is 0.0933 e. The van der Waals surface area contributed by atoms with Gasteiger partial charge in [0.2, 0.25) is 0 Å². The average molecular weight is 227 g/mol. The predicted octanol–water partition coefficient (Wildman–Crippen LogP) is 2.04. The summed E-state index contributed by atoms with van der Waals surface area (Å²) in [6.07, 6.45) is 7.01. The van der Waals surface area contributed by atoms with Crippen molar-refractivity contribution in [3.8, 4) is 0 Å². The van der Waals surface area contributed by atoms with Crippen molar-refractivity contribution in [2.24, 2.45) is 5.92 Å². The molecule has 3 rings (SSSR count). The number of nitrogens with one attached hydrogen (secondary N) is 1. The lowest BCUT2D eigenvalue weighted by Gasteiger charge is -2.44. The zero-order chi connectivity index (χ0) is 10.1. The van der Waals surface area contributed by atoms with E-state index in [1.54, 1.807) is 0 Å². The minimum Gasteiger partial charge on any atom is -0.371 e. The van der Waals surface area contributed by atoms with E-state index in [0.717, 1.165) is 19.1 Å². The summed E-state index contributed by atoms with van der Waals surface area (Å²) in [4.78, 5) is 0. The van der Waals surface area contributed by atoms with E-state index in [0.29, 0.717) is 6.04 Å². The molecule has 2 saturated heterocycles. The highest BCUT2D eigenvalue weighted by Gasteiger charge is 2.45. The summed E-state index contributed by atoms with van der Waals surface area (Å²) in [7, 11) is 0. The molecule has 1 spiro atoms. The van der Waals surface area contributed by atoms with Crippen LogP contribution < -0.4 is 5.32 Å². The molecule has 3 heteroatoms. The molecule has 0 bridgehead atoms. The van der Waals surface area contributed by atoms with Crippen LogP contribution in [0.5, 0.6) is 0 Å². The Kier molecular flexibility index (Phi) is 2.97. The van der Waals surface area contributed by atoms with Crippen LogP contribution in [0, 0.1) is 5.92 Å². The van der Waals surface area contributed by atoms with Crippen molar-refractivity contribution in [1.29, 1.82) is 0 Å². The lowest BCUT2D eigenvalue weighted by molar-refractivity contribution is -0.0855. The van der Waals surface area contributed by atoms with Gasteiger partial charge in [0.05, 0.1) is 12.2 Å². The standard InChI is InChI=1S/C12H21NOS/c1-2-10(3-1)8-11-12(4-7-15-9-12)14-6-5-13-11/h10-11,13H,1-9H2. The van der Waals surface area contributed by atoms with Crippen molar-refractivity contribution >= 4 is 11.8 Å². The maximum atomic E-state index is 6.13. The summed E-state index contributed by atoms with van der Waals surface area (Å²) in [6, 6.07) is 0.645. The number of thioether (sulfide) groups is 1. The van der Waals surface area contributed by atoms with Gasteiger partial charge >= 0.3 is 0 Å².